The summed E-state index contributed by atoms with van der Waals surface area (Å²) in [6.45, 7) is 0.516. The third-order valence-corrected chi connectivity index (χ3v) is 5.60. The second kappa shape index (κ2) is 9.03. The summed E-state index contributed by atoms with van der Waals surface area (Å²) < 4.78 is 9.67. The lowest BCUT2D eigenvalue weighted by Gasteiger charge is -2.36. The van der Waals surface area contributed by atoms with Crippen molar-refractivity contribution in [1.82, 2.24) is 29.8 Å². The first-order valence-electron chi connectivity index (χ1n) is 9.86. The molecule has 0 aliphatic carbocycles. The zero-order valence-electron chi connectivity index (χ0n) is 18.1. The number of ether oxygens (including phenoxy) is 2. The Kier molecular flexibility index (Phi) is 6.87. The van der Waals surface area contributed by atoms with Crippen LogP contribution >= 0.6 is 0 Å². The zero-order chi connectivity index (χ0) is 24.8. The number of carbonyl (C=O) groups is 3. The van der Waals surface area contributed by atoms with Gasteiger partial charge >= 0.3 is 18.1 Å². The van der Waals surface area contributed by atoms with Gasteiger partial charge in [-0.3, -0.25) is 9.80 Å². The maximum Gasteiger partial charge on any atom is 0.363 e. The molecule has 17 heteroatoms. The Hall–Kier alpha value is -2.51. The molecule has 3 rings (SSSR count). The summed E-state index contributed by atoms with van der Waals surface area (Å²) in [5.41, 5.74) is -2.63. The van der Waals surface area contributed by atoms with E-state index in [2.05, 4.69) is 0 Å². The highest BCUT2D eigenvalue weighted by Crippen LogP contribution is 2.38. The highest BCUT2D eigenvalue weighted by molar-refractivity contribution is 5.87. The van der Waals surface area contributed by atoms with Crippen LogP contribution < -0.4 is 0 Å². The van der Waals surface area contributed by atoms with Crippen LogP contribution in [0.15, 0.2) is 0 Å². The molecule has 0 aromatic heterocycles. The van der Waals surface area contributed by atoms with Crippen molar-refractivity contribution >= 4 is 18.1 Å². The molecule has 3 aliphatic rings. The molecule has 6 N–H and O–H groups in total. The average Bonchev–Trinajstić information content (AvgIpc) is 3.17. The van der Waals surface area contributed by atoms with Gasteiger partial charge in [-0.05, 0) is 6.92 Å². The van der Waals surface area contributed by atoms with Gasteiger partial charge in [0.1, 0.15) is 0 Å². The monoisotopic (exact) mass is 480 g/mol. The van der Waals surface area contributed by atoms with Crippen LogP contribution in [0.25, 0.3) is 0 Å². The maximum absolute atomic E-state index is 13.2. The lowest BCUT2D eigenvalue weighted by Crippen LogP contribution is -2.60. The fraction of sp³-hybridized carbons (Fsp3) is 0.812. The molecule has 0 aromatic rings. The predicted octanol–water partition coefficient (Wildman–Crippen LogP) is -4.38. The van der Waals surface area contributed by atoms with Crippen LogP contribution in [-0.2, 0) is 9.47 Å². The molecule has 3 fully saturated rings. The van der Waals surface area contributed by atoms with E-state index < -0.39 is 55.0 Å². The van der Waals surface area contributed by atoms with E-state index in [-0.39, 0.29) is 36.3 Å². The van der Waals surface area contributed by atoms with Gasteiger partial charge in [0.2, 0.25) is 12.0 Å². The lowest BCUT2D eigenvalue weighted by molar-refractivity contribution is -0.233. The average molecular weight is 480 g/mol. The number of hydrogen-bond acceptors (Lipinski definition) is 11. The number of methoxy groups -OCH3 is 2. The minimum absolute atomic E-state index is 0.0205. The summed E-state index contributed by atoms with van der Waals surface area (Å²) in [7, 11) is 2.68. The molecule has 33 heavy (non-hydrogen) atoms. The van der Waals surface area contributed by atoms with Gasteiger partial charge in [0.25, 0.3) is 0 Å². The van der Waals surface area contributed by atoms with Gasteiger partial charge in [-0.2, -0.15) is 20.0 Å². The molecular formula is C16H28N6O11. The van der Waals surface area contributed by atoms with Gasteiger partial charge < -0.3 is 40.1 Å². The largest absolute Gasteiger partial charge is 0.383 e. The number of amides is 6. The summed E-state index contributed by atoms with van der Waals surface area (Å²) >= 11 is 0. The third kappa shape index (κ3) is 3.71. The smallest absolute Gasteiger partial charge is 0.363 e. The Morgan fingerprint density at radius 2 is 1.15 bits per heavy atom. The molecule has 0 radical (unpaired) electrons. The van der Waals surface area contributed by atoms with Crippen LogP contribution in [0, 0.1) is 0 Å². The fourth-order valence-corrected chi connectivity index (χ4v) is 3.81. The molecular weight excluding hydrogens is 452 g/mol. The van der Waals surface area contributed by atoms with Crippen molar-refractivity contribution in [3.63, 3.8) is 0 Å². The molecule has 6 unspecified atom stereocenters. The number of hydrogen-bond donors (Lipinski definition) is 6. The van der Waals surface area contributed by atoms with E-state index in [0.717, 1.165) is 16.7 Å². The molecule has 3 saturated heterocycles. The Balaban J connectivity index is 1.93. The maximum atomic E-state index is 13.2. The molecule has 0 spiro atoms. The van der Waals surface area contributed by atoms with Crippen LogP contribution in [0.3, 0.4) is 0 Å². The van der Waals surface area contributed by atoms with Gasteiger partial charge in [0.05, 0.1) is 13.2 Å². The lowest BCUT2D eigenvalue weighted by atomic mass is 10.2. The van der Waals surface area contributed by atoms with Gasteiger partial charge in [-0.15, -0.1) is 0 Å². The molecule has 0 bridgehead atoms. The predicted molar refractivity (Wildman–Crippen MR) is 101 cm³/mol. The summed E-state index contributed by atoms with van der Waals surface area (Å²) in [6.07, 6.45) is -9.94. The number of aliphatic hydroxyl groups excluding tert-OH is 5. The minimum Gasteiger partial charge on any atom is -0.383 e. The van der Waals surface area contributed by atoms with E-state index in [1.54, 1.807) is 0 Å². The normalized spacial score (nSPS) is 35.2. The molecule has 6 atom stereocenters. The zero-order valence-corrected chi connectivity index (χ0v) is 18.1. The van der Waals surface area contributed by atoms with Crippen molar-refractivity contribution in [3.05, 3.63) is 0 Å². The highest BCUT2D eigenvalue weighted by Gasteiger charge is 2.65. The van der Waals surface area contributed by atoms with Crippen LogP contribution in [-0.4, -0.2) is 156 Å². The first-order chi connectivity index (χ1) is 15.4. The standard InChI is InChI=1S/C16H28N6O11/c1-16(31)12(27)21(19-10(25)8(23)17(13(19)28)4-6-32-2)15(30)22(16)20-11(26)9(24)18(14(20)29)5-7-33-3/h8-12,23-27,31H,4-7H2,1-3H3. The van der Waals surface area contributed by atoms with Crippen molar-refractivity contribution in [2.24, 2.45) is 0 Å². The van der Waals surface area contributed by atoms with Gasteiger partial charge in [-0.1, -0.05) is 0 Å². The Morgan fingerprint density at radius 3 is 1.61 bits per heavy atom. The molecule has 188 valence electrons. The van der Waals surface area contributed by atoms with Crippen molar-refractivity contribution in [2.45, 2.75) is 43.8 Å². The second-order valence-corrected chi connectivity index (χ2v) is 7.69. The second-order valence-electron chi connectivity index (χ2n) is 7.69. The Labute approximate surface area is 187 Å². The van der Waals surface area contributed by atoms with Crippen LogP contribution in [0.4, 0.5) is 14.4 Å². The van der Waals surface area contributed by atoms with E-state index in [4.69, 9.17) is 9.47 Å². The van der Waals surface area contributed by atoms with E-state index in [1.807, 2.05) is 0 Å². The number of hydrazine groups is 2. The van der Waals surface area contributed by atoms with Crippen molar-refractivity contribution < 1.29 is 54.5 Å². The molecule has 6 amide bonds. The SMILES string of the molecule is COCCN1C(=O)N(N2C(=O)N(N3C(=O)N(CCOC)C(O)C3O)C(C)(O)C2O)C(O)C1O. The van der Waals surface area contributed by atoms with E-state index in [1.165, 1.54) is 14.2 Å². The molecule has 17 nitrogen and oxygen atoms in total. The van der Waals surface area contributed by atoms with Gasteiger partial charge in [-0.25, -0.2) is 14.4 Å². The molecule has 0 saturated carbocycles. The van der Waals surface area contributed by atoms with E-state index in [9.17, 15) is 45.0 Å². The number of carbonyl (C=O) groups excluding carboxylic acids is 3. The molecule has 0 aromatic carbocycles. The number of aliphatic hydroxyl groups is 6. The minimum atomic E-state index is -2.63. The van der Waals surface area contributed by atoms with E-state index >= 15 is 0 Å². The number of rotatable bonds is 8. The van der Waals surface area contributed by atoms with Crippen molar-refractivity contribution in [2.75, 3.05) is 40.5 Å². The quantitative estimate of drug-likeness (QED) is 0.195. The number of urea groups is 3. The summed E-state index contributed by atoms with van der Waals surface area (Å²) in [6, 6.07) is -3.62. The van der Waals surface area contributed by atoms with Crippen molar-refractivity contribution in [3.8, 4) is 0 Å². The summed E-state index contributed by atoms with van der Waals surface area (Å²) in [5, 5.41) is 63.9. The van der Waals surface area contributed by atoms with Crippen LogP contribution in [0.5, 0.6) is 0 Å². The van der Waals surface area contributed by atoms with Crippen LogP contribution in [0.1, 0.15) is 6.92 Å². The summed E-state index contributed by atoms with van der Waals surface area (Å²) in [5.74, 6) is 0. The first kappa shape index (κ1) is 25.1. The fourth-order valence-electron chi connectivity index (χ4n) is 3.81. The number of nitrogens with zero attached hydrogens (tertiary/aromatic N) is 6. The Bertz CT molecular complexity index is 786. The first-order valence-corrected chi connectivity index (χ1v) is 9.86. The molecule has 3 aliphatic heterocycles. The Morgan fingerprint density at radius 1 is 0.727 bits per heavy atom. The summed E-state index contributed by atoms with van der Waals surface area (Å²) in [4.78, 5) is 40.3. The van der Waals surface area contributed by atoms with Crippen molar-refractivity contribution in [1.29, 1.82) is 0 Å². The topological polar surface area (TPSA) is 210 Å². The molecule has 3 heterocycles. The highest BCUT2D eigenvalue weighted by atomic mass is 16.5. The van der Waals surface area contributed by atoms with Gasteiger partial charge in [0, 0.05) is 27.3 Å². The van der Waals surface area contributed by atoms with Gasteiger partial charge in [0.15, 0.2) is 24.9 Å². The third-order valence-electron chi connectivity index (χ3n) is 5.60. The van der Waals surface area contributed by atoms with E-state index in [0.29, 0.717) is 10.0 Å². The van der Waals surface area contributed by atoms with Crippen LogP contribution in [0.2, 0.25) is 0 Å².